The second-order valence-electron chi connectivity index (χ2n) is 4.87. The van der Waals surface area contributed by atoms with Crippen molar-refractivity contribution in [2.45, 2.75) is 39.8 Å². The molecule has 0 unspecified atom stereocenters. The predicted molar refractivity (Wildman–Crippen MR) is 72.1 cm³/mol. The summed E-state index contributed by atoms with van der Waals surface area (Å²) in [7, 11) is 2.14. The number of rotatable bonds is 8. The molecule has 0 aliphatic rings. The summed E-state index contributed by atoms with van der Waals surface area (Å²) in [6.07, 6.45) is 3.26. The van der Waals surface area contributed by atoms with Crippen LogP contribution in [0.4, 0.5) is 0 Å². The van der Waals surface area contributed by atoms with E-state index in [2.05, 4.69) is 55.4 Å². The zero-order chi connectivity index (χ0) is 12.7. The Balaban J connectivity index is 2.27. The number of nitrogens with one attached hydrogen (secondary N) is 1. The van der Waals surface area contributed by atoms with E-state index in [-0.39, 0.29) is 0 Å². The van der Waals surface area contributed by atoms with Gasteiger partial charge in [0.2, 0.25) is 0 Å². The fourth-order valence-electron chi connectivity index (χ4n) is 1.68. The molecule has 0 amide bonds. The van der Waals surface area contributed by atoms with Crippen molar-refractivity contribution in [1.29, 1.82) is 0 Å². The summed E-state index contributed by atoms with van der Waals surface area (Å²) in [5, 5.41) is 7.96. The number of hydrogen-bond donors (Lipinski definition) is 1. The number of likely N-dealkylation sites (N-methyl/N-ethyl adjacent to an activating group) is 1. The highest BCUT2D eigenvalue weighted by atomic mass is 15.3. The molecule has 0 fully saturated rings. The van der Waals surface area contributed by atoms with Crippen LogP contribution in [-0.4, -0.2) is 41.4 Å². The van der Waals surface area contributed by atoms with Gasteiger partial charge in [0, 0.05) is 31.9 Å². The van der Waals surface area contributed by atoms with E-state index in [1.807, 2.05) is 4.68 Å². The van der Waals surface area contributed by atoms with Gasteiger partial charge in [-0.05, 0) is 39.9 Å². The standard InChI is InChI=1S/C13H26N4/c1-5-7-14-8-10-16(4)11-13-6-9-17(15-13)12(2)3/h6,9,12,14H,5,7-8,10-11H2,1-4H3. The van der Waals surface area contributed by atoms with Gasteiger partial charge in [0.05, 0.1) is 5.69 Å². The molecule has 0 aliphatic heterocycles. The first kappa shape index (κ1) is 14.2. The van der Waals surface area contributed by atoms with Crippen LogP contribution < -0.4 is 5.32 Å². The third-order valence-electron chi connectivity index (χ3n) is 2.72. The second-order valence-corrected chi connectivity index (χ2v) is 4.87. The minimum atomic E-state index is 0.445. The van der Waals surface area contributed by atoms with Gasteiger partial charge in [-0.25, -0.2) is 0 Å². The quantitative estimate of drug-likeness (QED) is 0.702. The summed E-state index contributed by atoms with van der Waals surface area (Å²) < 4.78 is 2.01. The Bertz CT molecular complexity index is 306. The van der Waals surface area contributed by atoms with Gasteiger partial charge in [-0.2, -0.15) is 5.10 Å². The Morgan fingerprint density at radius 2 is 2.18 bits per heavy atom. The molecule has 0 saturated heterocycles. The molecular formula is C13H26N4. The van der Waals surface area contributed by atoms with Crippen molar-refractivity contribution in [3.8, 4) is 0 Å². The summed E-state index contributed by atoms with van der Waals surface area (Å²) in [5.74, 6) is 0. The first-order valence-electron chi connectivity index (χ1n) is 6.56. The molecular weight excluding hydrogens is 212 g/mol. The monoisotopic (exact) mass is 238 g/mol. The maximum Gasteiger partial charge on any atom is 0.0764 e. The summed E-state index contributed by atoms with van der Waals surface area (Å²) in [5.41, 5.74) is 1.15. The zero-order valence-corrected chi connectivity index (χ0v) is 11.6. The molecule has 0 aliphatic carbocycles. The van der Waals surface area contributed by atoms with Crippen molar-refractivity contribution in [3.05, 3.63) is 18.0 Å². The predicted octanol–water partition coefficient (Wildman–Crippen LogP) is 1.90. The van der Waals surface area contributed by atoms with Gasteiger partial charge < -0.3 is 5.32 Å². The third kappa shape index (κ3) is 5.33. The van der Waals surface area contributed by atoms with Crippen LogP contribution >= 0.6 is 0 Å². The van der Waals surface area contributed by atoms with Gasteiger partial charge in [0.1, 0.15) is 0 Å². The van der Waals surface area contributed by atoms with Crippen molar-refractivity contribution in [1.82, 2.24) is 20.0 Å². The van der Waals surface area contributed by atoms with E-state index in [0.29, 0.717) is 6.04 Å². The molecule has 0 atom stereocenters. The van der Waals surface area contributed by atoms with Gasteiger partial charge in [0.15, 0.2) is 0 Å². The van der Waals surface area contributed by atoms with Crippen LogP contribution in [0.5, 0.6) is 0 Å². The van der Waals surface area contributed by atoms with Crippen molar-refractivity contribution in [2.24, 2.45) is 0 Å². The van der Waals surface area contributed by atoms with Crippen LogP contribution in [0.1, 0.15) is 38.9 Å². The van der Waals surface area contributed by atoms with Crippen molar-refractivity contribution in [2.75, 3.05) is 26.7 Å². The van der Waals surface area contributed by atoms with E-state index in [4.69, 9.17) is 0 Å². The first-order chi connectivity index (χ1) is 8.13. The minimum Gasteiger partial charge on any atom is -0.315 e. The maximum atomic E-state index is 4.55. The fourth-order valence-corrected chi connectivity index (χ4v) is 1.68. The maximum absolute atomic E-state index is 4.55. The molecule has 1 aromatic rings. The van der Waals surface area contributed by atoms with Gasteiger partial charge in [-0.3, -0.25) is 9.58 Å². The third-order valence-corrected chi connectivity index (χ3v) is 2.72. The molecule has 98 valence electrons. The van der Waals surface area contributed by atoms with E-state index < -0.39 is 0 Å². The Morgan fingerprint density at radius 1 is 1.41 bits per heavy atom. The lowest BCUT2D eigenvalue weighted by atomic mass is 10.4. The normalized spacial score (nSPS) is 11.6. The molecule has 1 rings (SSSR count). The SMILES string of the molecule is CCCNCCN(C)Cc1ccn(C(C)C)n1. The molecule has 4 nitrogen and oxygen atoms in total. The van der Waals surface area contributed by atoms with Gasteiger partial charge in [-0.15, -0.1) is 0 Å². The van der Waals surface area contributed by atoms with Crippen LogP contribution in [0, 0.1) is 0 Å². The Labute approximate surface area is 105 Å². The highest BCUT2D eigenvalue weighted by molar-refractivity contribution is 4.99. The summed E-state index contributed by atoms with van der Waals surface area (Å²) in [6.45, 7) is 10.6. The van der Waals surface area contributed by atoms with Gasteiger partial charge in [0.25, 0.3) is 0 Å². The largest absolute Gasteiger partial charge is 0.315 e. The molecule has 1 heterocycles. The average Bonchev–Trinajstić information content (AvgIpc) is 2.73. The fraction of sp³-hybridized carbons (Fsp3) is 0.769. The van der Waals surface area contributed by atoms with E-state index >= 15 is 0 Å². The Kier molecular flexibility index (Phi) is 6.22. The summed E-state index contributed by atoms with van der Waals surface area (Å²) >= 11 is 0. The smallest absolute Gasteiger partial charge is 0.0764 e. The topological polar surface area (TPSA) is 33.1 Å². The second kappa shape index (κ2) is 7.45. The molecule has 4 heteroatoms. The van der Waals surface area contributed by atoms with E-state index in [1.54, 1.807) is 0 Å². The van der Waals surface area contributed by atoms with Crippen molar-refractivity contribution >= 4 is 0 Å². The van der Waals surface area contributed by atoms with Gasteiger partial charge in [-0.1, -0.05) is 6.92 Å². The molecule has 0 saturated carbocycles. The number of nitrogens with zero attached hydrogens (tertiary/aromatic N) is 3. The lowest BCUT2D eigenvalue weighted by Crippen LogP contribution is -2.29. The first-order valence-corrected chi connectivity index (χ1v) is 6.56. The molecule has 0 bridgehead atoms. The van der Waals surface area contributed by atoms with E-state index in [0.717, 1.165) is 31.9 Å². The molecule has 0 radical (unpaired) electrons. The van der Waals surface area contributed by atoms with Crippen LogP contribution in [0.3, 0.4) is 0 Å². The lowest BCUT2D eigenvalue weighted by Gasteiger charge is -2.15. The van der Waals surface area contributed by atoms with Crippen molar-refractivity contribution in [3.63, 3.8) is 0 Å². The van der Waals surface area contributed by atoms with E-state index in [9.17, 15) is 0 Å². The van der Waals surface area contributed by atoms with Gasteiger partial charge >= 0.3 is 0 Å². The number of aromatic nitrogens is 2. The molecule has 0 aromatic carbocycles. The Morgan fingerprint density at radius 3 is 2.76 bits per heavy atom. The highest BCUT2D eigenvalue weighted by Gasteiger charge is 2.04. The van der Waals surface area contributed by atoms with Crippen LogP contribution in [-0.2, 0) is 6.54 Å². The number of hydrogen-bond acceptors (Lipinski definition) is 3. The minimum absolute atomic E-state index is 0.445. The Hall–Kier alpha value is -0.870. The lowest BCUT2D eigenvalue weighted by molar-refractivity contribution is 0.318. The average molecular weight is 238 g/mol. The molecule has 17 heavy (non-hydrogen) atoms. The molecule has 1 N–H and O–H groups in total. The zero-order valence-electron chi connectivity index (χ0n) is 11.6. The van der Waals surface area contributed by atoms with Crippen molar-refractivity contribution < 1.29 is 0 Å². The van der Waals surface area contributed by atoms with Crippen LogP contribution in [0.2, 0.25) is 0 Å². The summed E-state index contributed by atoms with van der Waals surface area (Å²) in [4.78, 5) is 2.30. The molecule has 1 aromatic heterocycles. The summed E-state index contributed by atoms with van der Waals surface area (Å²) in [6, 6.07) is 2.55. The highest BCUT2D eigenvalue weighted by Crippen LogP contribution is 2.05. The van der Waals surface area contributed by atoms with Crippen LogP contribution in [0.25, 0.3) is 0 Å². The van der Waals surface area contributed by atoms with E-state index in [1.165, 1.54) is 6.42 Å². The molecule has 0 spiro atoms. The van der Waals surface area contributed by atoms with Crippen LogP contribution in [0.15, 0.2) is 12.3 Å².